The van der Waals surface area contributed by atoms with Crippen molar-refractivity contribution in [1.29, 1.82) is 0 Å². The Kier molecular flexibility index (Phi) is 5.67. The molecule has 0 amide bonds. The molecule has 4 rings (SSSR count). The van der Waals surface area contributed by atoms with Gasteiger partial charge in [-0.2, -0.15) is 4.31 Å². The molecule has 0 bridgehead atoms. The van der Waals surface area contributed by atoms with Gasteiger partial charge in [0.1, 0.15) is 5.75 Å². The summed E-state index contributed by atoms with van der Waals surface area (Å²) in [5, 5.41) is -0.511. The van der Waals surface area contributed by atoms with Gasteiger partial charge in [-0.05, 0) is 24.3 Å². The van der Waals surface area contributed by atoms with Crippen LogP contribution in [0.2, 0.25) is 0 Å². The van der Waals surface area contributed by atoms with Crippen molar-refractivity contribution in [2.45, 2.75) is 10.3 Å². The van der Waals surface area contributed by atoms with Crippen LogP contribution in [0.1, 0.15) is 10.9 Å². The highest BCUT2D eigenvalue weighted by molar-refractivity contribution is 8.01. The highest BCUT2D eigenvalue weighted by Gasteiger charge is 2.39. The number of rotatable bonds is 6. The molecular weight excluding hydrogens is 444 g/mol. The molecule has 2 aromatic carbocycles. The second kappa shape index (κ2) is 8.13. The number of methoxy groups -OCH3 is 3. The maximum absolute atomic E-state index is 13.6. The van der Waals surface area contributed by atoms with Crippen LogP contribution >= 0.6 is 11.8 Å². The lowest BCUT2D eigenvalue weighted by molar-refractivity contribution is 0.344. The smallest absolute Gasteiger partial charge is 0.419 e. The second-order valence-corrected chi connectivity index (χ2v) is 9.92. The zero-order valence-corrected chi connectivity index (χ0v) is 19.1. The van der Waals surface area contributed by atoms with Crippen LogP contribution in [0.5, 0.6) is 17.2 Å². The van der Waals surface area contributed by atoms with E-state index in [1.54, 1.807) is 12.1 Å². The highest BCUT2D eigenvalue weighted by Crippen LogP contribution is 2.47. The minimum atomic E-state index is -3.87. The first-order valence-corrected chi connectivity index (χ1v) is 11.8. The number of hydrogen-bond donors (Lipinski definition) is 0. The molecule has 0 spiro atoms. The molecule has 0 aliphatic carbocycles. The van der Waals surface area contributed by atoms with Crippen LogP contribution in [0.3, 0.4) is 0 Å². The van der Waals surface area contributed by atoms with Gasteiger partial charge in [0.05, 0.1) is 37.1 Å². The van der Waals surface area contributed by atoms with E-state index in [4.69, 9.17) is 18.6 Å². The van der Waals surface area contributed by atoms with E-state index < -0.39 is 21.2 Å². The second-order valence-electron chi connectivity index (χ2n) is 6.84. The van der Waals surface area contributed by atoms with E-state index in [-0.39, 0.29) is 4.90 Å². The third kappa shape index (κ3) is 3.56. The molecule has 1 saturated heterocycles. The lowest BCUT2D eigenvalue weighted by atomic mass is 10.1. The Morgan fingerprint density at radius 2 is 1.71 bits per heavy atom. The molecule has 1 unspecified atom stereocenters. The highest BCUT2D eigenvalue weighted by atomic mass is 32.2. The Morgan fingerprint density at radius 3 is 2.39 bits per heavy atom. The Labute approximate surface area is 183 Å². The summed E-state index contributed by atoms with van der Waals surface area (Å²) < 4.78 is 51.2. The first-order valence-electron chi connectivity index (χ1n) is 9.34. The number of oxazole rings is 1. The predicted octanol–water partition coefficient (Wildman–Crippen LogP) is 2.59. The molecule has 1 aliphatic heterocycles. The molecular formula is C20H22N2O7S2. The average Bonchev–Trinajstić information content (AvgIpc) is 3.38. The molecule has 1 atom stereocenters. The average molecular weight is 467 g/mol. The molecule has 31 heavy (non-hydrogen) atoms. The van der Waals surface area contributed by atoms with Crippen molar-refractivity contribution in [3.05, 3.63) is 46.4 Å². The summed E-state index contributed by atoms with van der Waals surface area (Å²) in [7, 11) is 2.24. The van der Waals surface area contributed by atoms with Crippen LogP contribution in [-0.2, 0) is 17.1 Å². The third-order valence-electron chi connectivity index (χ3n) is 5.22. The summed E-state index contributed by atoms with van der Waals surface area (Å²) in [6.45, 7) is 0.331. The molecule has 9 nitrogen and oxygen atoms in total. The minimum Gasteiger partial charge on any atom is -0.496 e. The first-order chi connectivity index (χ1) is 14.8. The van der Waals surface area contributed by atoms with Gasteiger partial charge in [-0.15, -0.1) is 11.8 Å². The lowest BCUT2D eigenvalue weighted by Crippen LogP contribution is -2.30. The van der Waals surface area contributed by atoms with Gasteiger partial charge in [-0.1, -0.05) is 0 Å². The largest absolute Gasteiger partial charge is 0.496 e. The molecule has 2 heterocycles. The molecule has 1 aliphatic rings. The van der Waals surface area contributed by atoms with Gasteiger partial charge in [0.25, 0.3) is 0 Å². The Morgan fingerprint density at radius 1 is 1.03 bits per heavy atom. The third-order valence-corrected chi connectivity index (χ3v) is 8.46. The number of nitrogens with zero attached hydrogens (tertiary/aromatic N) is 2. The van der Waals surface area contributed by atoms with Crippen molar-refractivity contribution in [3.8, 4) is 17.2 Å². The number of hydrogen-bond acceptors (Lipinski definition) is 8. The molecule has 0 N–H and O–H groups in total. The van der Waals surface area contributed by atoms with E-state index in [2.05, 4.69) is 0 Å². The molecule has 1 aromatic heterocycles. The van der Waals surface area contributed by atoms with Crippen LogP contribution in [0.4, 0.5) is 0 Å². The van der Waals surface area contributed by atoms with Gasteiger partial charge in [-0.3, -0.25) is 4.57 Å². The number of benzene rings is 2. The summed E-state index contributed by atoms with van der Waals surface area (Å²) in [5.41, 5.74) is 1.42. The summed E-state index contributed by atoms with van der Waals surface area (Å²) in [6, 6.07) is 7.84. The molecule has 166 valence electrons. The van der Waals surface area contributed by atoms with Gasteiger partial charge in [0, 0.05) is 31.0 Å². The van der Waals surface area contributed by atoms with Gasteiger partial charge < -0.3 is 18.6 Å². The van der Waals surface area contributed by atoms with Crippen molar-refractivity contribution in [1.82, 2.24) is 8.87 Å². The molecule has 3 aromatic rings. The van der Waals surface area contributed by atoms with Crippen LogP contribution < -0.4 is 20.0 Å². The van der Waals surface area contributed by atoms with Crippen LogP contribution in [0, 0.1) is 0 Å². The number of aromatic nitrogens is 1. The monoisotopic (exact) mass is 466 g/mol. The van der Waals surface area contributed by atoms with E-state index in [9.17, 15) is 13.2 Å². The van der Waals surface area contributed by atoms with E-state index >= 15 is 0 Å². The summed E-state index contributed by atoms with van der Waals surface area (Å²) in [5.74, 6) is 1.55. The van der Waals surface area contributed by atoms with Gasteiger partial charge >= 0.3 is 5.76 Å². The van der Waals surface area contributed by atoms with E-state index in [1.165, 1.54) is 67.2 Å². The number of thioether (sulfide) groups is 1. The Balaban J connectivity index is 1.80. The molecule has 0 radical (unpaired) electrons. The SMILES string of the molecule is COc1cc(OC)c(C2SCCN2S(=O)(=O)c2ccc3oc(=O)n(C)c3c2)cc1OC. The summed E-state index contributed by atoms with van der Waals surface area (Å²) in [4.78, 5) is 11.9. The van der Waals surface area contributed by atoms with Crippen molar-refractivity contribution in [3.63, 3.8) is 0 Å². The van der Waals surface area contributed by atoms with Crippen molar-refractivity contribution in [2.24, 2.45) is 7.05 Å². The van der Waals surface area contributed by atoms with Gasteiger partial charge in [-0.25, -0.2) is 13.2 Å². The Hall–Kier alpha value is -2.63. The Bertz CT molecular complexity index is 1300. The van der Waals surface area contributed by atoms with Crippen LogP contribution in [0.25, 0.3) is 11.1 Å². The zero-order valence-electron chi connectivity index (χ0n) is 17.4. The fourth-order valence-corrected chi connectivity index (χ4v) is 6.86. The predicted molar refractivity (Wildman–Crippen MR) is 117 cm³/mol. The zero-order chi connectivity index (χ0) is 22.3. The maximum atomic E-state index is 13.6. The van der Waals surface area contributed by atoms with Crippen LogP contribution in [0.15, 0.2) is 44.4 Å². The fraction of sp³-hybridized carbons (Fsp3) is 0.350. The number of aryl methyl sites for hydroxylation is 1. The van der Waals surface area contributed by atoms with Crippen molar-refractivity contribution < 1.29 is 27.0 Å². The first kappa shape index (κ1) is 21.6. The quantitative estimate of drug-likeness (QED) is 0.547. The van der Waals surface area contributed by atoms with E-state index in [0.717, 1.165) is 0 Å². The minimum absolute atomic E-state index is 0.0864. The van der Waals surface area contributed by atoms with E-state index in [1.807, 2.05) is 0 Å². The van der Waals surface area contributed by atoms with Crippen molar-refractivity contribution in [2.75, 3.05) is 33.6 Å². The topological polar surface area (TPSA) is 100 Å². The normalized spacial score (nSPS) is 17.2. The standard InChI is InChI=1S/C20H22N2O7S2/c1-21-14-9-12(5-6-15(14)29-20(21)23)31(24,25)22-7-8-30-19(22)13-10-17(27-3)18(28-4)11-16(13)26-2/h5-6,9-11,19H,7-8H2,1-4H3. The molecule has 1 fully saturated rings. The van der Waals surface area contributed by atoms with Crippen molar-refractivity contribution >= 4 is 32.9 Å². The van der Waals surface area contributed by atoms with Gasteiger partial charge in [0.15, 0.2) is 17.1 Å². The van der Waals surface area contributed by atoms with Gasteiger partial charge in [0.2, 0.25) is 10.0 Å². The molecule has 0 saturated carbocycles. The van der Waals surface area contributed by atoms with E-state index in [0.29, 0.717) is 46.2 Å². The van der Waals surface area contributed by atoms with Crippen LogP contribution in [-0.4, -0.2) is 50.9 Å². The summed E-state index contributed by atoms with van der Waals surface area (Å²) in [6.07, 6.45) is 0. The summed E-state index contributed by atoms with van der Waals surface area (Å²) >= 11 is 1.49. The number of fused-ring (bicyclic) bond motifs is 1. The lowest BCUT2D eigenvalue weighted by Gasteiger charge is -2.25. The fourth-order valence-electron chi connectivity index (χ4n) is 3.59. The number of sulfonamides is 1. The maximum Gasteiger partial charge on any atom is 0.419 e. The molecule has 11 heteroatoms. The number of ether oxygens (including phenoxy) is 3.